The van der Waals surface area contributed by atoms with Crippen LogP contribution in [0.2, 0.25) is 0 Å². The zero-order valence-corrected chi connectivity index (χ0v) is 7.04. The molecule has 0 fully saturated rings. The van der Waals surface area contributed by atoms with Crippen molar-refractivity contribution >= 4 is 17.5 Å². The van der Waals surface area contributed by atoms with E-state index >= 15 is 0 Å². The molecule has 1 aliphatic rings. The molecule has 0 atom stereocenters. The molecule has 0 spiro atoms. The van der Waals surface area contributed by atoms with Crippen LogP contribution in [0.3, 0.4) is 0 Å². The summed E-state index contributed by atoms with van der Waals surface area (Å²) in [6.45, 7) is 0. The number of carbonyl (C=O) groups is 1. The molecular weight excluding hydrogens is 144 g/mol. The first-order valence-corrected chi connectivity index (χ1v) is 4.93. The summed E-state index contributed by atoms with van der Waals surface area (Å²) in [7, 11) is 0. The zero-order valence-electron chi connectivity index (χ0n) is 6.22. The molecule has 0 bridgehead atoms. The topological polar surface area (TPSA) is 17.1 Å². The van der Waals surface area contributed by atoms with E-state index in [1.165, 1.54) is 5.57 Å². The van der Waals surface area contributed by atoms with E-state index in [9.17, 15) is 4.79 Å². The molecule has 1 aliphatic carbocycles. The number of rotatable bonds is 3. The standard InChI is InChI=1S/C8H12OS/c1-10-5-4-7-2-3-8(9)6-7/h6H,2-5H2,1H3. The molecule has 0 aromatic heterocycles. The molecular formula is C8H12OS. The van der Waals surface area contributed by atoms with Crippen molar-refractivity contribution < 1.29 is 4.79 Å². The molecule has 0 saturated heterocycles. The van der Waals surface area contributed by atoms with E-state index in [0.717, 1.165) is 25.0 Å². The lowest BCUT2D eigenvalue weighted by Crippen LogP contribution is -1.80. The van der Waals surface area contributed by atoms with Gasteiger partial charge >= 0.3 is 0 Å². The van der Waals surface area contributed by atoms with Crippen LogP contribution in [-0.2, 0) is 4.79 Å². The quantitative estimate of drug-likeness (QED) is 0.622. The van der Waals surface area contributed by atoms with Crippen molar-refractivity contribution in [2.45, 2.75) is 19.3 Å². The average molecular weight is 156 g/mol. The van der Waals surface area contributed by atoms with Gasteiger partial charge in [-0.1, -0.05) is 5.57 Å². The first-order valence-electron chi connectivity index (χ1n) is 3.54. The zero-order chi connectivity index (χ0) is 7.40. The Morgan fingerprint density at radius 1 is 1.60 bits per heavy atom. The summed E-state index contributed by atoms with van der Waals surface area (Å²) in [5, 5.41) is 0. The second-order valence-corrected chi connectivity index (χ2v) is 3.50. The highest BCUT2D eigenvalue weighted by Crippen LogP contribution is 2.19. The maximum absolute atomic E-state index is 10.7. The highest BCUT2D eigenvalue weighted by Gasteiger charge is 2.10. The van der Waals surface area contributed by atoms with Gasteiger partial charge in [-0.15, -0.1) is 0 Å². The molecule has 0 amide bonds. The predicted molar refractivity (Wildman–Crippen MR) is 45.3 cm³/mol. The maximum atomic E-state index is 10.7. The minimum Gasteiger partial charge on any atom is -0.295 e. The van der Waals surface area contributed by atoms with Gasteiger partial charge in [0.2, 0.25) is 0 Å². The van der Waals surface area contributed by atoms with Gasteiger partial charge in [-0.25, -0.2) is 0 Å². The van der Waals surface area contributed by atoms with Crippen LogP contribution in [0.15, 0.2) is 11.6 Å². The summed E-state index contributed by atoms with van der Waals surface area (Å²) in [5.74, 6) is 1.47. The van der Waals surface area contributed by atoms with Gasteiger partial charge in [-0.05, 0) is 30.9 Å². The van der Waals surface area contributed by atoms with E-state index in [1.807, 2.05) is 17.8 Å². The minimum absolute atomic E-state index is 0.316. The van der Waals surface area contributed by atoms with Gasteiger partial charge in [0.1, 0.15) is 0 Å². The predicted octanol–water partition coefficient (Wildman–Crippen LogP) is 2.03. The van der Waals surface area contributed by atoms with Gasteiger partial charge in [0.25, 0.3) is 0 Å². The van der Waals surface area contributed by atoms with Crippen LogP contribution in [0.4, 0.5) is 0 Å². The fraction of sp³-hybridized carbons (Fsp3) is 0.625. The molecule has 0 aromatic rings. The summed E-state index contributed by atoms with van der Waals surface area (Å²) in [6, 6.07) is 0. The van der Waals surface area contributed by atoms with Gasteiger partial charge in [-0.2, -0.15) is 11.8 Å². The van der Waals surface area contributed by atoms with Crippen LogP contribution in [-0.4, -0.2) is 17.8 Å². The Bertz CT molecular complexity index is 161. The Kier molecular flexibility index (Phi) is 3.00. The fourth-order valence-electron chi connectivity index (χ4n) is 1.09. The summed E-state index contributed by atoms with van der Waals surface area (Å²) >= 11 is 1.84. The molecule has 0 saturated carbocycles. The van der Waals surface area contributed by atoms with E-state index < -0.39 is 0 Å². The third-order valence-corrected chi connectivity index (χ3v) is 2.30. The van der Waals surface area contributed by atoms with Crippen LogP contribution in [0.1, 0.15) is 19.3 Å². The van der Waals surface area contributed by atoms with Crippen molar-refractivity contribution in [3.8, 4) is 0 Å². The highest BCUT2D eigenvalue weighted by atomic mass is 32.2. The van der Waals surface area contributed by atoms with E-state index in [4.69, 9.17) is 0 Å². The van der Waals surface area contributed by atoms with E-state index in [2.05, 4.69) is 6.26 Å². The molecule has 0 unspecified atom stereocenters. The fourth-order valence-corrected chi connectivity index (χ4v) is 1.55. The SMILES string of the molecule is CSCCC1=CC(=O)CC1. The molecule has 1 rings (SSSR count). The number of carbonyl (C=O) groups excluding carboxylic acids is 1. The van der Waals surface area contributed by atoms with Crippen molar-refractivity contribution in [1.29, 1.82) is 0 Å². The smallest absolute Gasteiger partial charge is 0.155 e. The second kappa shape index (κ2) is 3.81. The van der Waals surface area contributed by atoms with Crippen LogP contribution >= 0.6 is 11.8 Å². The molecule has 56 valence electrons. The van der Waals surface area contributed by atoms with Crippen molar-refractivity contribution in [2.75, 3.05) is 12.0 Å². The van der Waals surface area contributed by atoms with Crippen LogP contribution in [0.25, 0.3) is 0 Å². The summed E-state index contributed by atoms with van der Waals surface area (Å²) in [5.41, 5.74) is 1.35. The Balaban J connectivity index is 2.28. The maximum Gasteiger partial charge on any atom is 0.155 e. The number of allylic oxidation sites excluding steroid dienone is 2. The lowest BCUT2D eigenvalue weighted by Gasteiger charge is -1.95. The lowest BCUT2D eigenvalue weighted by molar-refractivity contribution is -0.114. The van der Waals surface area contributed by atoms with Gasteiger partial charge < -0.3 is 0 Å². The number of thioether (sulfide) groups is 1. The monoisotopic (exact) mass is 156 g/mol. The number of hydrogen-bond donors (Lipinski definition) is 0. The van der Waals surface area contributed by atoms with Gasteiger partial charge in [0.05, 0.1) is 0 Å². The molecule has 0 aliphatic heterocycles. The van der Waals surface area contributed by atoms with Crippen LogP contribution < -0.4 is 0 Å². The first-order chi connectivity index (χ1) is 4.83. The molecule has 0 heterocycles. The molecule has 10 heavy (non-hydrogen) atoms. The Morgan fingerprint density at radius 2 is 2.40 bits per heavy atom. The molecule has 0 radical (unpaired) electrons. The summed E-state index contributed by atoms with van der Waals surface area (Å²) in [4.78, 5) is 10.7. The van der Waals surface area contributed by atoms with Gasteiger partial charge in [0, 0.05) is 6.42 Å². The Labute approximate surface area is 65.9 Å². The largest absolute Gasteiger partial charge is 0.295 e. The third kappa shape index (κ3) is 2.18. The molecule has 0 aromatic carbocycles. The minimum atomic E-state index is 0.316. The summed E-state index contributed by atoms with van der Waals surface area (Å²) < 4.78 is 0. The Hall–Kier alpha value is -0.240. The van der Waals surface area contributed by atoms with E-state index in [1.54, 1.807) is 0 Å². The van der Waals surface area contributed by atoms with Gasteiger partial charge in [0.15, 0.2) is 5.78 Å². The average Bonchev–Trinajstić information content (AvgIpc) is 2.31. The molecule has 0 N–H and O–H groups in total. The Morgan fingerprint density at radius 3 is 2.90 bits per heavy atom. The molecule has 2 heteroatoms. The van der Waals surface area contributed by atoms with E-state index in [-0.39, 0.29) is 0 Å². The highest BCUT2D eigenvalue weighted by molar-refractivity contribution is 7.98. The molecule has 1 nitrogen and oxygen atoms in total. The summed E-state index contributed by atoms with van der Waals surface area (Å²) in [6.07, 6.45) is 6.78. The van der Waals surface area contributed by atoms with E-state index in [0.29, 0.717) is 5.78 Å². The van der Waals surface area contributed by atoms with Crippen molar-refractivity contribution in [1.82, 2.24) is 0 Å². The third-order valence-electron chi connectivity index (χ3n) is 1.68. The van der Waals surface area contributed by atoms with Crippen LogP contribution in [0.5, 0.6) is 0 Å². The lowest BCUT2D eigenvalue weighted by atomic mass is 10.2. The van der Waals surface area contributed by atoms with Gasteiger partial charge in [-0.3, -0.25) is 4.79 Å². The number of ketones is 1. The first kappa shape index (κ1) is 7.86. The normalized spacial score (nSPS) is 17.7. The van der Waals surface area contributed by atoms with Crippen molar-refractivity contribution in [3.05, 3.63) is 11.6 Å². The van der Waals surface area contributed by atoms with Crippen molar-refractivity contribution in [3.63, 3.8) is 0 Å². The second-order valence-electron chi connectivity index (χ2n) is 2.51. The number of hydrogen-bond acceptors (Lipinski definition) is 2. The van der Waals surface area contributed by atoms with Crippen molar-refractivity contribution in [2.24, 2.45) is 0 Å². The van der Waals surface area contributed by atoms with Crippen LogP contribution in [0, 0.1) is 0 Å².